The van der Waals surface area contributed by atoms with Gasteiger partial charge in [-0.2, -0.15) is 0 Å². The third-order valence-corrected chi connectivity index (χ3v) is 6.65. The highest BCUT2D eigenvalue weighted by molar-refractivity contribution is 5.99. The van der Waals surface area contributed by atoms with Crippen molar-refractivity contribution < 1.29 is 23.8 Å². The third kappa shape index (κ3) is 4.51. The number of ether oxygens (including phenoxy) is 3. The van der Waals surface area contributed by atoms with Crippen molar-refractivity contribution >= 4 is 11.9 Å². The van der Waals surface area contributed by atoms with Gasteiger partial charge in [0, 0.05) is 17.0 Å². The molecule has 32 heavy (non-hydrogen) atoms. The van der Waals surface area contributed by atoms with E-state index < -0.39 is 5.54 Å². The van der Waals surface area contributed by atoms with Gasteiger partial charge in [-0.25, -0.2) is 4.79 Å². The smallest absolute Gasteiger partial charge is 0.331 e. The fourth-order valence-corrected chi connectivity index (χ4v) is 4.66. The van der Waals surface area contributed by atoms with E-state index in [1.165, 1.54) is 12.7 Å². The van der Waals surface area contributed by atoms with E-state index in [1.807, 2.05) is 18.2 Å². The molecule has 0 bridgehead atoms. The second-order valence-electron chi connectivity index (χ2n) is 8.72. The normalized spacial score (nSPS) is 18.2. The molecule has 0 spiro atoms. The van der Waals surface area contributed by atoms with Gasteiger partial charge < -0.3 is 19.5 Å². The summed E-state index contributed by atoms with van der Waals surface area (Å²) in [5, 5.41) is 3.03. The van der Waals surface area contributed by atoms with E-state index in [9.17, 15) is 9.59 Å². The molecule has 1 amide bonds. The summed E-state index contributed by atoms with van der Waals surface area (Å²) in [6, 6.07) is 13.7. The summed E-state index contributed by atoms with van der Waals surface area (Å²) in [6.07, 6.45) is 5.09. The molecule has 1 N–H and O–H groups in total. The molecule has 1 saturated carbocycles. The molecule has 1 saturated heterocycles. The zero-order valence-electron chi connectivity index (χ0n) is 18.8. The molecular formula is C26H31NO5. The summed E-state index contributed by atoms with van der Waals surface area (Å²) < 4.78 is 16.0. The highest BCUT2D eigenvalue weighted by Gasteiger charge is 2.41. The summed E-state index contributed by atoms with van der Waals surface area (Å²) in [7, 11) is 3.01. The number of carbonyl (C=O) groups is 2. The molecule has 170 valence electrons. The van der Waals surface area contributed by atoms with Crippen LogP contribution in [0.1, 0.15) is 60.4 Å². The fraction of sp³-hybridized carbons (Fsp3) is 0.462. The van der Waals surface area contributed by atoms with Gasteiger partial charge in [0.15, 0.2) is 0 Å². The van der Waals surface area contributed by atoms with Crippen LogP contribution in [0.2, 0.25) is 0 Å². The predicted octanol–water partition coefficient (Wildman–Crippen LogP) is 4.47. The molecule has 0 atom stereocenters. The van der Waals surface area contributed by atoms with E-state index in [0.717, 1.165) is 50.0 Å². The average Bonchev–Trinajstić information content (AvgIpc) is 3.03. The van der Waals surface area contributed by atoms with Crippen LogP contribution in [-0.4, -0.2) is 44.8 Å². The van der Waals surface area contributed by atoms with Crippen LogP contribution in [0, 0.1) is 0 Å². The van der Waals surface area contributed by atoms with Crippen molar-refractivity contribution in [3.8, 4) is 16.9 Å². The lowest BCUT2D eigenvalue weighted by atomic mass is 9.89. The van der Waals surface area contributed by atoms with Gasteiger partial charge in [0.25, 0.3) is 5.91 Å². The van der Waals surface area contributed by atoms with Crippen LogP contribution in [0.3, 0.4) is 0 Å². The molecule has 6 heteroatoms. The first kappa shape index (κ1) is 22.3. The lowest BCUT2D eigenvalue weighted by Crippen LogP contribution is -2.54. The number of esters is 1. The number of nitrogens with one attached hydrogen (secondary N) is 1. The van der Waals surface area contributed by atoms with Crippen LogP contribution < -0.4 is 10.1 Å². The van der Waals surface area contributed by atoms with Gasteiger partial charge in [-0.1, -0.05) is 49.9 Å². The largest absolute Gasteiger partial charge is 0.496 e. The first-order valence-corrected chi connectivity index (χ1v) is 11.3. The standard InChI is InChI=1S/C26H31NO5/c1-30-23-11-10-20(15-22(23)19-9-7-8-18(14-19)21-16-32-17-21)24(28)27-26(25(29)31-2)12-5-3-4-6-13-26/h7-11,14-15,21H,3-6,12-13,16-17H2,1-2H3,(H,27,28). The summed E-state index contributed by atoms with van der Waals surface area (Å²) in [5.41, 5.74) is 2.57. The predicted molar refractivity (Wildman–Crippen MR) is 122 cm³/mol. The van der Waals surface area contributed by atoms with Gasteiger partial charge >= 0.3 is 5.97 Å². The molecule has 6 nitrogen and oxygen atoms in total. The average molecular weight is 438 g/mol. The number of hydrogen-bond acceptors (Lipinski definition) is 5. The Hall–Kier alpha value is -2.86. The minimum Gasteiger partial charge on any atom is -0.496 e. The Morgan fingerprint density at radius 2 is 1.75 bits per heavy atom. The number of amides is 1. The fourth-order valence-electron chi connectivity index (χ4n) is 4.66. The quantitative estimate of drug-likeness (QED) is 0.533. The zero-order chi connectivity index (χ0) is 22.6. The minimum atomic E-state index is -0.966. The third-order valence-electron chi connectivity index (χ3n) is 6.65. The van der Waals surface area contributed by atoms with E-state index in [0.29, 0.717) is 30.1 Å². The van der Waals surface area contributed by atoms with Crippen LogP contribution in [-0.2, 0) is 14.3 Å². The van der Waals surface area contributed by atoms with Crippen molar-refractivity contribution in [3.63, 3.8) is 0 Å². The van der Waals surface area contributed by atoms with Gasteiger partial charge in [-0.3, -0.25) is 4.79 Å². The van der Waals surface area contributed by atoms with Crippen molar-refractivity contribution in [1.82, 2.24) is 5.32 Å². The molecule has 4 rings (SSSR count). The number of rotatable bonds is 6. The number of carbonyl (C=O) groups excluding carboxylic acids is 2. The second kappa shape index (κ2) is 9.74. The first-order valence-electron chi connectivity index (χ1n) is 11.3. The number of hydrogen-bond donors (Lipinski definition) is 1. The minimum absolute atomic E-state index is 0.273. The number of methoxy groups -OCH3 is 2. The molecule has 1 heterocycles. The Morgan fingerprint density at radius 3 is 2.38 bits per heavy atom. The molecule has 0 unspecified atom stereocenters. The van der Waals surface area contributed by atoms with E-state index >= 15 is 0 Å². The Kier molecular flexibility index (Phi) is 6.80. The molecule has 2 aromatic carbocycles. The number of benzene rings is 2. The summed E-state index contributed by atoms with van der Waals surface area (Å²) >= 11 is 0. The van der Waals surface area contributed by atoms with Gasteiger partial charge in [0.1, 0.15) is 11.3 Å². The van der Waals surface area contributed by atoms with E-state index in [4.69, 9.17) is 14.2 Å². The lowest BCUT2D eigenvalue weighted by molar-refractivity contribution is -0.148. The summed E-state index contributed by atoms with van der Waals surface area (Å²) in [4.78, 5) is 26.0. The molecule has 2 aromatic rings. The van der Waals surface area contributed by atoms with Gasteiger partial charge in [-0.05, 0) is 42.2 Å². The van der Waals surface area contributed by atoms with Crippen LogP contribution in [0.5, 0.6) is 5.75 Å². The molecule has 2 aliphatic rings. The molecule has 2 fully saturated rings. The van der Waals surface area contributed by atoms with E-state index in [2.05, 4.69) is 17.4 Å². The van der Waals surface area contributed by atoms with E-state index in [-0.39, 0.29) is 11.9 Å². The van der Waals surface area contributed by atoms with E-state index in [1.54, 1.807) is 19.2 Å². The van der Waals surface area contributed by atoms with Crippen molar-refractivity contribution in [2.45, 2.75) is 50.0 Å². The maximum Gasteiger partial charge on any atom is 0.331 e. The SMILES string of the molecule is COC(=O)C1(NC(=O)c2ccc(OC)c(-c3cccc(C4COC4)c3)c2)CCCCCC1. The Balaban J connectivity index is 1.64. The highest BCUT2D eigenvalue weighted by Crippen LogP contribution is 2.35. The van der Waals surface area contributed by atoms with Crippen molar-refractivity contribution in [1.29, 1.82) is 0 Å². The molecule has 0 radical (unpaired) electrons. The Bertz CT molecular complexity index is 974. The first-order chi connectivity index (χ1) is 15.6. The van der Waals surface area contributed by atoms with Crippen molar-refractivity contribution in [2.24, 2.45) is 0 Å². The topological polar surface area (TPSA) is 73.9 Å². The van der Waals surface area contributed by atoms with Gasteiger partial charge in [0.2, 0.25) is 0 Å². The van der Waals surface area contributed by atoms with Crippen LogP contribution in [0.4, 0.5) is 0 Å². The monoisotopic (exact) mass is 437 g/mol. The lowest BCUT2D eigenvalue weighted by Gasteiger charge is -2.31. The van der Waals surface area contributed by atoms with Crippen molar-refractivity contribution in [2.75, 3.05) is 27.4 Å². The molecule has 1 aliphatic carbocycles. The Labute approximate surface area is 189 Å². The van der Waals surface area contributed by atoms with Crippen LogP contribution >= 0.6 is 0 Å². The zero-order valence-corrected chi connectivity index (χ0v) is 18.8. The van der Waals surface area contributed by atoms with Crippen LogP contribution in [0.25, 0.3) is 11.1 Å². The van der Waals surface area contributed by atoms with Crippen molar-refractivity contribution in [3.05, 3.63) is 53.6 Å². The summed E-state index contributed by atoms with van der Waals surface area (Å²) in [6.45, 7) is 1.47. The second-order valence-corrected chi connectivity index (χ2v) is 8.72. The Morgan fingerprint density at radius 1 is 1.00 bits per heavy atom. The molecule has 0 aromatic heterocycles. The summed E-state index contributed by atoms with van der Waals surface area (Å²) in [5.74, 6) is 0.463. The van der Waals surface area contributed by atoms with Crippen LogP contribution in [0.15, 0.2) is 42.5 Å². The van der Waals surface area contributed by atoms with Gasteiger partial charge in [0.05, 0.1) is 27.4 Å². The highest BCUT2D eigenvalue weighted by atomic mass is 16.5. The molecular weight excluding hydrogens is 406 g/mol. The molecule has 1 aliphatic heterocycles. The maximum atomic E-state index is 13.3. The maximum absolute atomic E-state index is 13.3. The van der Waals surface area contributed by atoms with Gasteiger partial charge in [-0.15, -0.1) is 0 Å².